The first kappa shape index (κ1) is 14.3. The molecule has 0 aliphatic heterocycles. The molecule has 0 aliphatic carbocycles. The number of aliphatic hydroxyl groups is 1. The lowest BCUT2D eigenvalue weighted by Gasteiger charge is -2.06. The van der Waals surface area contributed by atoms with Gasteiger partial charge in [-0.15, -0.1) is 28.1 Å². The van der Waals surface area contributed by atoms with Crippen LogP contribution in [0.15, 0.2) is 35.3 Å². The van der Waals surface area contributed by atoms with E-state index in [4.69, 9.17) is 5.11 Å². The van der Waals surface area contributed by atoms with E-state index in [-0.39, 0.29) is 6.61 Å². The number of hydrogen-bond acceptors (Lipinski definition) is 5. The lowest BCUT2D eigenvalue weighted by atomic mass is 10.4. The number of aliphatic hydroxyl groups excluding tert-OH is 1. The van der Waals surface area contributed by atoms with Crippen molar-refractivity contribution in [1.29, 1.82) is 0 Å². The summed E-state index contributed by atoms with van der Waals surface area (Å²) in [5, 5.41) is 20.3. The number of nitrogens with zero attached hydrogens (tertiary/aromatic N) is 3. The van der Waals surface area contributed by atoms with E-state index in [0.717, 1.165) is 34.5 Å². The Morgan fingerprint density at radius 1 is 1.42 bits per heavy atom. The van der Waals surface area contributed by atoms with Crippen molar-refractivity contribution >= 4 is 23.1 Å². The standard InChI is InChI=1S/C13H17N3OS2/c1-2-7-16-12(11-6-5-10-18-11)14-15-13(16)19-9-4-3-8-17/h2,5-6,10,17H,1,3-4,7-9H2. The highest BCUT2D eigenvalue weighted by molar-refractivity contribution is 7.99. The van der Waals surface area contributed by atoms with E-state index in [1.807, 2.05) is 17.5 Å². The van der Waals surface area contributed by atoms with Gasteiger partial charge in [-0.05, 0) is 24.3 Å². The largest absolute Gasteiger partial charge is 0.396 e. The van der Waals surface area contributed by atoms with E-state index in [2.05, 4.69) is 27.4 Å². The van der Waals surface area contributed by atoms with Crippen molar-refractivity contribution in [3.8, 4) is 10.7 Å². The van der Waals surface area contributed by atoms with Crippen LogP contribution in [0, 0.1) is 0 Å². The van der Waals surface area contributed by atoms with E-state index in [0.29, 0.717) is 6.54 Å². The number of aromatic nitrogens is 3. The van der Waals surface area contributed by atoms with Gasteiger partial charge in [-0.2, -0.15) is 0 Å². The Hall–Kier alpha value is -1.11. The van der Waals surface area contributed by atoms with E-state index < -0.39 is 0 Å². The Balaban J connectivity index is 2.12. The molecule has 0 bridgehead atoms. The molecule has 102 valence electrons. The van der Waals surface area contributed by atoms with Crippen molar-refractivity contribution in [1.82, 2.24) is 14.8 Å². The van der Waals surface area contributed by atoms with Gasteiger partial charge in [0, 0.05) is 18.9 Å². The van der Waals surface area contributed by atoms with E-state index in [1.165, 1.54) is 0 Å². The highest BCUT2D eigenvalue weighted by Crippen LogP contribution is 2.27. The van der Waals surface area contributed by atoms with Crippen LogP contribution in [-0.4, -0.2) is 32.2 Å². The van der Waals surface area contributed by atoms with Crippen molar-refractivity contribution < 1.29 is 5.11 Å². The zero-order chi connectivity index (χ0) is 13.5. The Morgan fingerprint density at radius 3 is 3.00 bits per heavy atom. The molecular weight excluding hydrogens is 278 g/mol. The topological polar surface area (TPSA) is 50.9 Å². The summed E-state index contributed by atoms with van der Waals surface area (Å²) in [6.07, 6.45) is 3.68. The Kier molecular flexibility index (Phi) is 5.62. The van der Waals surface area contributed by atoms with Gasteiger partial charge in [0.25, 0.3) is 0 Å². The lowest BCUT2D eigenvalue weighted by Crippen LogP contribution is -2.00. The first-order valence-electron chi connectivity index (χ1n) is 6.18. The second-order valence-corrected chi connectivity index (χ2v) is 5.97. The molecule has 0 spiro atoms. The molecule has 2 rings (SSSR count). The highest BCUT2D eigenvalue weighted by atomic mass is 32.2. The number of unbranched alkanes of at least 4 members (excludes halogenated alkanes) is 1. The molecule has 0 saturated heterocycles. The van der Waals surface area contributed by atoms with Crippen LogP contribution in [0.3, 0.4) is 0 Å². The minimum atomic E-state index is 0.250. The summed E-state index contributed by atoms with van der Waals surface area (Å²) in [6.45, 7) is 4.75. The van der Waals surface area contributed by atoms with E-state index in [9.17, 15) is 0 Å². The third kappa shape index (κ3) is 3.68. The van der Waals surface area contributed by atoms with Crippen LogP contribution in [0.1, 0.15) is 12.8 Å². The van der Waals surface area contributed by atoms with Crippen molar-refractivity contribution in [3.63, 3.8) is 0 Å². The molecule has 6 heteroatoms. The van der Waals surface area contributed by atoms with Gasteiger partial charge in [-0.25, -0.2) is 0 Å². The molecule has 0 amide bonds. The second-order valence-electron chi connectivity index (χ2n) is 3.96. The molecular formula is C13H17N3OS2. The molecule has 0 saturated carbocycles. The first-order chi connectivity index (χ1) is 9.36. The van der Waals surface area contributed by atoms with Gasteiger partial charge in [0.15, 0.2) is 11.0 Å². The van der Waals surface area contributed by atoms with E-state index >= 15 is 0 Å². The summed E-state index contributed by atoms with van der Waals surface area (Å²) in [4.78, 5) is 1.12. The molecule has 1 N–H and O–H groups in total. The normalized spacial score (nSPS) is 10.8. The Morgan fingerprint density at radius 2 is 2.32 bits per heavy atom. The smallest absolute Gasteiger partial charge is 0.191 e. The minimum absolute atomic E-state index is 0.250. The zero-order valence-corrected chi connectivity index (χ0v) is 12.3. The van der Waals surface area contributed by atoms with Gasteiger partial charge in [0.1, 0.15) is 0 Å². The fourth-order valence-corrected chi connectivity index (χ4v) is 3.32. The molecule has 0 radical (unpaired) electrons. The summed E-state index contributed by atoms with van der Waals surface area (Å²) in [7, 11) is 0. The molecule has 2 aromatic heterocycles. The molecule has 0 atom stereocenters. The average molecular weight is 295 g/mol. The maximum absolute atomic E-state index is 8.78. The third-order valence-corrected chi connectivity index (χ3v) is 4.47. The summed E-state index contributed by atoms with van der Waals surface area (Å²) < 4.78 is 2.09. The van der Waals surface area contributed by atoms with Crippen LogP contribution in [-0.2, 0) is 6.54 Å². The van der Waals surface area contributed by atoms with Crippen LogP contribution in [0.2, 0.25) is 0 Å². The Labute approximate surface area is 121 Å². The molecule has 0 unspecified atom stereocenters. The molecule has 0 aliphatic rings. The first-order valence-corrected chi connectivity index (χ1v) is 8.05. The fraction of sp³-hybridized carbons (Fsp3) is 0.385. The minimum Gasteiger partial charge on any atom is -0.396 e. The van der Waals surface area contributed by atoms with Crippen LogP contribution in [0.5, 0.6) is 0 Å². The summed E-state index contributed by atoms with van der Waals surface area (Å²) in [5.74, 6) is 1.85. The van der Waals surface area contributed by atoms with Crippen molar-refractivity contribution in [3.05, 3.63) is 30.2 Å². The maximum atomic E-state index is 8.78. The maximum Gasteiger partial charge on any atom is 0.191 e. The second kappa shape index (κ2) is 7.47. The fourth-order valence-electron chi connectivity index (χ4n) is 1.65. The summed E-state index contributed by atoms with van der Waals surface area (Å²) in [6, 6.07) is 4.06. The number of allylic oxidation sites excluding steroid dienone is 1. The van der Waals surface area contributed by atoms with Gasteiger partial charge < -0.3 is 5.11 Å². The summed E-state index contributed by atoms with van der Waals surface area (Å²) >= 11 is 3.34. The summed E-state index contributed by atoms with van der Waals surface area (Å²) in [5.41, 5.74) is 0. The Bertz CT molecular complexity index is 508. The van der Waals surface area contributed by atoms with Gasteiger partial charge in [0.05, 0.1) is 4.88 Å². The molecule has 0 fully saturated rings. The molecule has 4 nitrogen and oxygen atoms in total. The molecule has 2 heterocycles. The number of thiophene rings is 1. The van der Waals surface area contributed by atoms with Crippen LogP contribution in [0.25, 0.3) is 10.7 Å². The quantitative estimate of drug-likeness (QED) is 0.462. The SMILES string of the molecule is C=CCn1c(SCCCCO)nnc1-c1cccs1. The lowest BCUT2D eigenvalue weighted by molar-refractivity contribution is 0.287. The zero-order valence-electron chi connectivity index (χ0n) is 10.7. The number of hydrogen-bond donors (Lipinski definition) is 1. The van der Waals surface area contributed by atoms with Gasteiger partial charge >= 0.3 is 0 Å². The van der Waals surface area contributed by atoms with Crippen LogP contribution < -0.4 is 0 Å². The van der Waals surface area contributed by atoms with E-state index in [1.54, 1.807) is 23.1 Å². The monoisotopic (exact) mass is 295 g/mol. The van der Waals surface area contributed by atoms with Crippen molar-refractivity contribution in [2.75, 3.05) is 12.4 Å². The molecule has 19 heavy (non-hydrogen) atoms. The van der Waals surface area contributed by atoms with Gasteiger partial charge in [-0.1, -0.05) is 23.9 Å². The molecule has 2 aromatic rings. The number of thioether (sulfide) groups is 1. The van der Waals surface area contributed by atoms with Crippen molar-refractivity contribution in [2.24, 2.45) is 0 Å². The average Bonchev–Trinajstić information content (AvgIpc) is 3.05. The van der Waals surface area contributed by atoms with Gasteiger partial charge in [0.2, 0.25) is 0 Å². The number of rotatable bonds is 8. The predicted octanol–water partition coefficient (Wildman–Crippen LogP) is 3.06. The highest BCUT2D eigenvalue weighted by Gasteiger charge is 2.13. The molecule has 0 aromatic carbocycles. The predicted molar refractivity (Wildman–Crippen MR) is 80.6 cm³/mol. The third-order valence-electron chi connectivity index (χ3n) is 2.55. The van der Waals surface area contributed by atoms with Crippen molar-refractivity contribution in [2.45, 2.75) is 24.5 Å². The van der Waals surface area contributed by atoms with Crippen LogP contribution in [0.4, 0.5) is 0 Å². The van der Waals surface area contributed by atoms with Crippen LogP contribution >= 0.6 is 23.1 Å². The van der Waals surface area contributed by atoms with Gasteiger partial charge in [-0.3, -0.25) is 4.57 Å².